The van der Waals surface area contributed by atoms with E-state index in [1.165, 1.54) is 22.8 Å². The van der Waals surface area contributed by atoms with Crippen LogP contribution in [0.25, 0.3) is 11.0 Å². The standard InChI is InChI=1S/C13H13F3N2/c14-9-3-4-11-10(6-9)17-13(5-8-1-2-8)18(11)7-12(15)16/h3-4,6,8,12H,1-2,5,7H2. The molecule has 1 heterocycles. The first-order valence-corrected chi connectivity index (χ1v) is 6.06. The zero-order valence-electron chi connectivity index (χ0n) is 9.74. The summed E-state index contributed by atoms with van der Waals surface area (Å²) in [5.41, 5.74) is 1.05. The molecule has 1 fully saturated rings. The van der Waals surface area contributed by atoms with Gasteiger partial charge >= 0.3 is 0 Å². The highest BCUT2D eigenvalue weighted by Crippen LogP contribution is 2.33. The van der Waals surface area contributed by atoms with Gasteiger partial charge in [0.15, 0.2) is 0 Å². The highest BCUT2D eigenvalue weighted by atomic mass is 19.3. The molecular weight excluding hydrogens is 241 g/mol. The van der Waals surface area contributed by atoms with Gasteiger partial charge in [0.25, 0.3) is 6.43 Å². The van der Waals surface area contributed by atoms with Crippen LogP contribution >= 0.6 is 0 Å². The Kier molecular flexibility index (Phi) is 2.76. The lowest BCUT2D eigenvalue weighted by atomic mass is 10.3. The quantitative estimate of drug-likeness (QED) is 0.817. The van der Waals surface area contributed by atoms with E-state index in [9.17, 15) is 13.2 Å². The fourth-order valence-electron chi connectivity index (χ4n) is 2.23. The summed E-state index contributed by atoms with van der Waals surface area (Å²) in [5.74, 6) is 0.823. The minimum Gasteiger partial charge on any atom is -0.322 e. The molecule has 3 rings (SSSR count). The highest BCUT2D eigenvalue weighted by Gasteiger charge is 2.25. The number of rotatable bonds is 4. The van der Waals surface area contributed by atoms with Crippen molar-refractivity contribution >= 4 is 11.0 Å². The summed E-state index contributed by atoms with van der Waals surface area (Å²) in [7, 11) is 0. The summed E-state index contributed by atoms with van der Waals surface area (Å²) in [6, 6.07) is 4.11. The average molecular weight is 254 g/mol. The number of benzene rings is 1. The lowest BCUT2D eigenvalue weighted by molar-refractivity contribution is 0.127. The third-order valence-corrected chi connectivity index (χ3v) is 3.28. The fraction of sp³-hybridized carbons (Fsp3) is 0.462. The molecular formula is C13H13F3N2. The van der Waals surface area contributed by atoms with Gasteiger partial charge in [-0.15, -0.1) is 0 Å². The van der Waals surface area contributed by atoms with E-state index in [0.29, 0.717) is 29.2 Å². The van der Waals surface area contributed by atoms with Gasteiger partial charge in [-0.3, -0.25) is 0 Å². The number of alkyl halides is 2. The molecule has 1 aromatic carbocycles. The van der Waals surface area contributed by atoms with Crippen LogP contribution in [0.4, 0.5) is 13.2 Å². The minimum absolute atomic E-state index is 0.371. The average Bonchev–Trinajstić information content (AvgIpc) is 3.04. The van der Waals surface area contributed by atoms with Crippen molar-refractivity contribution in [2.24, 2.45) is 5.92 Å². The molecule has 0 aliphatic heterocycles. The minimum atomic E-state index is -2.43. The van der Waals surface area contributed by atoms with E-state index in [1.54, 1.807) is 0 Å². The third-order valence-electron chi connectivity index (χ3n) is 3.28. The number of halogens is 3. The van der Waals surface area contributed by atoms with Crippen LogP contribution in [0.2, 0.25) is 0 Å². The largest absolute Gasteiger partial charge is 0.322 e. The van der Waals surface area contributed by atoms with Crippen molar-refractivity contribution in [2.45, 2.75) is 32.2 Å². The summed E-state index contributed by atoms with van der Waals surface area (Å²) in [4.78, 5) is 4.30. The number of fused-ring (bicyclic) bond motifs is 1. The van der Waals surface area contributed by atoms with E-state index in [4.69, 9.17) is 0 Å². The van der Waals surface area contributed by atoms with Crippen molar-refractivity contribution in [3.8, 4) is 0 Å². The molecule has 2 nitrogen and oxygen atoms in total. The van der Waals surface area contributed by atoms with Crippen LogP contribution in [-0.2, 0) is 13.0 Å². The molecule has 1 aliphatic rings. The molecule has 0 spiro atoms. The van der Waals surface area contributed by atoms with Crippen LogP contribution < -0.4 is 0 Å². The number of hydrogen-bond donors (Lipinski definition) is 0. The Labute approximate surface area is 102 Å². The molecule has 18 heavy (non-hydrogen) atoms. The first-order chi connectivity index (χ1) is 8.63. The van der Waals surface area contributed by atoms with Crippen molar-refractivity contribution in [1.82, 2.24) is 9.55 Å². The summed E-state index contributed by atoms with van der Waals surface area (Å²) in [6.45, 7) is -0.371. The Bertz CT molecular complexity index is 573. The Balaban J connectivity index is 2.06. The second kappa shape index (κ2) is 4.30. The van der Waals surface area contributed by atoms with Gasteiger partial charge in [-0.2, -0.15) is 0 Å². The molecule has 0 bridgehead atoms. The molecule has 1 aromatic heterocycles. The highest BCUT2D eigenvalue weighted by molar-refractivity contribution is 5.76. The van der Waals surface area contributed by atoms with E-state index >= 15 is 0 Å². The maximum atomic E-state index is 13.1. The van der Waals surface area contributed by atoms with Crippen LogP contribution in [0.1, 0.15) is 18.7 Å². The van der Waals surface area contributed by atoms with E-state index in [2.05, 4.69) is 4.98 Å². The van der Waals surface area contributed by atoms with Gasteiger partial charge in [0, 0.05) is 12.5 Å². The van der Waals surface area contributed by atoms with Crippen LogP contribution in [0, 0.1) is 11.7 Å². The second-order valence-corrected chi connectivity index (χ2v) is 4.81. The van der Waals surface area contributed by atoms with Gasteiger partial charge in [-0.25, -0.2) is 18.2 Å². The summed E-state index contributed by atoms with van der Waals surface area (Å²) in [6.07, 6.45) is 0.548. The topological polar surface area (TPSA) is 17.8 Å². The molecule has 1 saturated carbocycles. The monoisotopic (exact) mass is 254 g/mol. The molecule has 0 radical (unpaired) electrons. The second-order valence-electron chi connectivity index (χ2n) is 4.81. The van der Waals surface area contributed by atoms with Gasteiger partial charge in [-0.1, -0.05) is 0 Å². The molecule has 0 N–H and O–H groups in total. The van der Waals surface area contributed by atoms with Crippen LogP contribution in [-0.4, -0.2) is 16.0 Å². The van der Waals surface area contributed by atoms with Gasteiger partial charge in [0.1, 0.15) is 11.6 Å². The van der Waals surface area contributed by atoms with Gasteiger partial charge in [0.2, 0.25) is 0 Å². The Hall–Kier alpha value is -1.52. The van der Waals surface area contributed by atoms with Crippen molar-refractivity contribution in [3.05, 3.63) is 29.8 Å². The lowest BCUT2D eigenvalue weighted by Crippen LogP contribution is -2.10. The number of hydrogen-bond acceptors (Lipinski definition) is 1. The third kappa shape index (κ3) is 2.21. The molecule has 2 aromatic rings. The molecule has 0 atom stereocenters. The number of imidazole rings is 1. The van der Waals surface area contributed by atoms with Crippen molar-refractivity contribution in [3.63, 3.8) is 0 Å². The lowest BCUT2D eigenvalue weighted by Gasteiger charge is -2.07. The Morgan fingerprint density at radius 3 is 2.78 bits per heavy atom. The predicted octanol–water partition coefficient (Wildman–Crippen LogP) is 3.39. The predicted molar refractivity (Wildman–Crippen MR) is 62.1 cm³/mol. The first-order valence-electron chi connectivity index (χ1n) is 6.06. The van der Waals surface area contributed by atoms with E-state index in [0.717, 1.165) is 12.8 Å². The van der Waals surface area contributed by atoms with Crippen LogP contribution in [0.15, 0.2) is 18.2 Å². The van der Waals surface area contributed by atoms with Gasteiger partial charge in [0.05, 0.1) is 17.6 Å². The van der Waals surface area contributed by atoms with Crippen molar-refractivity contribution in [1.29, 1.82) is 0 Å². The SMILES string of the molecule is Fc1ccc2c(c1)nc(CC1CC1)n2CC(F)F. The molecule has 96 valence electrons. The van der Waals surface area contributed by atoms with Gasteiger partial charge < -0.3 is 4.57 Å². The van der Waals surface area contributed by atoms with Gasteiger partial charge in [-0.05, 0) is 30.9 Å². The zero-order chi connectivity index (χ0) is 12.7. The number of aromatic nitrogens is 2. The maximum absolute atomic E-state index is 13.1. The maximum Gasteiger partial charge on any atom is 0.256 e. The molecule has 5 heteroatoms. The smallest absolute Gasteiger partial charge is 0.256 e. The first kappa shape index (κ1) is 11.6. The Morgan fingerprint density at radius 2 is 2.11 bits per heavy atom. The summed E-state index contributed by atoms with van der Waals surface area (Å²) < 4.78 is 39.9. The van der Waals surface area contributed by atoms with Crippen molar-refractivity contribution in [2.75, 3.05) is 0 Å². The number of nitrogens with zero attached hydrogens (tertiary/aromatic N) is 2. The fourth-order valence-corrected chi connectivity index (χ4v) is 2.23. The van der Waals surface area contributed by atoms with Crippen LogP contribution in [0.3, 0.4) is 0 Å². The molecule has 0 unspecified atom stereocenters. The molecule has 1 aliphatic carbocycles. The van der Waals surface area contributed by atoms with E-state index < -0.39 is 6.43 Å². The zero-order valence-corrected chi connectivity index (χ0v) is 9.74. The summed E-state index contributed by atoms with van der Waals surface area (Å²) >= 11 is 0. The van der Waals surface area contributed by atoms with Crippen LogP contribution in [0.5, 0.6) is 0 Å². The molecule has 0 amide bonds. The van der Waals surface area contributed by atoms with E-state index in [1.807, 2.05) is 0 Å². The van der Waals surface area contributed by atoms with E-state index in [-0.39, 0.29) is 12.4 Å². The Morgan fingerprint density at radius 1 is 1.33 bits per heavy atom. The normalized spacial score (nSPS) is 15.8. The molecule has 0 saturated heterocycles. The summed E-state index contributed by atoms with van der Waals surface area (Å²) in [5, 5.41) is 0. The van der Waals surface area contributed by atoms with Crippen molar-refractivity contribution < 1.29 is 13.2 Å².